The summed E-state index contributed by atoms with van der Waals surface area (Å²) in [7, 11) is 0. The van der Waals surface area contributed by atoms with E-state index in [-0.39, 0.29) is 22.6 Å². The number of β-lactam (4-membered cyclic amide) rings is 1. The second kappa shape index (κ2) is 7.85. The minimum atomic E-state index is -0.713. The standard InChI is InChI=1S/C22H20N2O4S/c1-13(25)19-16(12-24-20(26)17(23)21(24)29-19)22(27)28-18(14-8-4-2-5-9-14)15-10-6-3-7-11-15/h2-12,17-19,21H,23H2,1H3/t17?,19?,21-/m1/s1. The zero-order valence-electron chi connectivity index (χ0n) is 15.7. The van der Waals surface area contributed by atoms with Crippen LogP contribution in [-0.4, -0.2) is 39.2 Å². The van der Waals surface area contributed by atoms with E-state index in [1.165, 1.54) is 29.8 Å². The molecule has 2 aliphatic rings. The number of carbonyl (C=O) groups excluding carboxylic acids is 3. The molecular weight excluding hydrogens is 388 g/mol. The smallest absolute Gasteiger partial charge is 0.338 e. The number of Topliss-reactive ketones (excluding diaryl/α,β-unsaturated/α-hetero) is 1. The third-order valence-electron chi connectivity index (χ3n) is 4.99. The Morgan fingerprint density at radius 2 is 1.59 bits per heavy atom. The van der Waals surface area contributed by atoms with Gasteiger partial charge in [-0.15, -0.1) is 11.8 Å². The number of esters is 1. The molecule has 0 radical (unpaired) electrons. The van der Waals surface area contributed by atoms with Crippen molar-refractivity contribution in [3.63, 3.8) is 0 Å². The first-order chi connectivity index (χ1) is 14.0. The van der Waals surface area contributed by atoms with E-state index in [4.69, 9.17) is 10.5 Å². The van der Waals surface area contributed by atoms with E-state index >= 15 is 0 Å². The molecule has 2 heterocycles. The van der Waals surface area contributed by atoms with Crippen molar-refractivity contribution >= 4 is 29.4 Å². The van der Waals surface area contributed by atoms with Crippen LogP contribution in [0.5, 0.6) is 0 Å². The molecule has 0 aliphatic carbocycles. The van der Waals surface area contributed by atoms with E-state index < -0.39 is 23.4 Å². The molecule has 2 unspecified atom stereocenters. The predicted molar refractivity (Wildman–Crippen MR) is 110 cm³/mol. The Balaban J connectivity index is 1.65. The maximum atomic E-state index is 13.1. The highest BCUT2D eigenvalue weighted by Gasteiger charge is 2.51. The van der Waals surface area contributed by atoms with E-state index in [9.17, 15) is 14.4 Å². The van der Waals surface area contributed by atoms with Gasteiger partial charge in [0.15, 0.2) is 6.10 Å². The lowest BCUT2D eigenvalue weighted by Crippen LogP contribution is -2.67. The quantitative estimate of drug-likeness (QED) is 0.604. The van der Waals surface area contributed by atoms with Gasteiger partial charge in [-0.3, -0.25) is 9.59 Å². The number of fused-ring (bicyclic) bond motifs is 1. The molecule has 2 aliphatic heterocycles. The minimum absolute atomic E-state index is 0.163. The molecule has 2 aromatic rings. The number of hydrogen-bond acceptors (Lipinski definition) is 6. The number of thioether (sulfide) groups is 1. The van der Waals surface area contributed by atoms with Crippen LogP contribution in [0.15, 0.2) is 72.4 Å². The number of nitrogens with two attached hydrogens (primary N) is 1. The lowest BCUT2D eigenvalue weighted by molar-refractivity contribution is -0.144. The molecule has 29 heavy (non-hydrogen) atoms. The molecule has 1 amide bonds. The number of amides is 1. The fraction of sp³-hybridized carbons (Fsp3) is 0.227. The van der Waals surface area contributed by atoms with Crippen LogP contribution in [0.2, 0.25) is 0 Å². The Labute approximate surface area is 172 Å². The van der Waals surface area contributed by atoms with E-state index in [2.05, 4.69) is 0 Å². The van der Waals surface area contributed by atoms with Crippen LogP contribution < -0.4 is 5.73 Å². The van der Waals surface area contributed by atoms with Crippen LogP contribution in [0.4, 0.5) is 0 Å². The van der Waals surface area contributed by atoms with Crippen LogP contribution >= 0.6 is 11.8 Å². The molecular formula is C22H20N2O4S. The van der Waals surface area contributed by atoms with Crippen LogP contribution in [0, 0.1) is 0 Å². The van der Waals surface area contributed by atoms with Crippen LogP contribution in [-0.2, 0) is 19.1 Å². The Morgan fingerprint density at radius 1 is 1.03 bits per heavy atom. The summed E-state index contributed by atoms with van der Waals surface area (Å²) in [6, 6.07) is 18.1. The molecule has 4 rings (SSSR count). The summed E-state index contributed by atoms with van der Waals surface area (Å²) in [6.07, 6.45) is 0.796. The van der Waals surface area contributed by atoms with Crippen LogP contribution in [0.25, 0.3) is 0 Å². The van der Waals surface area contributed by atoms with Gasteiger partial charge in [0.05, 0.1) is 10.8 Å². The number of benzene rings is 2. The zero-order valence-corrected chi connectivity index (χ0v) is 16.5. The highest BCUT2D eigenvalue weighted by Crippen LogP contribution is 2.41. The number of hydrogen-bond donors (Lipinski definition) is 1. The van der Waals surface area contributed by atoms with Crippen molar-refractivity contribution in [2.24, 2.45) is 5.73 Å². The molecule has 1 saturated heterocycles. The molecule has 6 nitrogen and oxygen atoms in total. The lowest BCUT2D eigenvalue weighted by Gasteiger charge is -2.47. The highest BCUT2D eigenvalue weighted by molar-refractivity contribution is 8.01. The number of ether oxygens (including phenoxy) is 1. The third-order valence-corrected chi connectivity index (χ3v) is 6.65. The zero-order chi connectivity index (χ0) is 20.5. The lowest BCUT2D eigenvalue weighted by atomic mass is 10.0. The highest BCUT2D eigenvalue weighted by atomic mass is 32.2. The van der Waals surface area contributed by atoms with Gasteiger partial charge in [-0.25, -0.2) is 4.79 Å². The molecule has 0 saturated carbocycles. The number of nitrogens with zero attached hydrogens (tertiary/aromatic N) is 1. The van der Waals surface area contributed by atoms with E-state index in [0.29, 0.717) is 0 Å². The molecule has 0 aromatic heterocycles. The number of carbonyl (C=O) groups is 3. The van der Waals surface area contributed by atoms with Crippen molar-refractivity contribution in [3.05, 3.63) is 83.6 Å². The van der Waals surface area contributed by atoms with Gasteiger partial charge in [0, 0.05) is 6.20 Å². The van der Waals surface area contributed by atoms with E-state index in [1.807, 2.05) is 60.7 Å². The summed E-state index contributed by atoms with van der Waals surface area (Å²) in [5.41, 5.74) is 7.62. The van der Waals surface area contributed by atoms with Gasteiger partial charge in [-0.2, -0.15) is 0 Å². The monoisotopic (exact) mass is 408 g/mol. The Hall–Kier alpha value is -2.90. The second-order valence-electron chi connectivity index (χ2n) is 6.98. The first kappa shape index (κ1) is 19.4. The maximum absolute atomic E-state index is 13.1. The van der Waals surface area contributed by atoms with E-state index in [0.717, 1.165) is 11.1 Å². The molecule has 1 fully saturated rings. The largest absolute Gasteiger partial charge is 0.449 e. The van der Waals surface area contributed by atoms with Gasteiger partial charge < -0.3 is 15.4 Å². The van der Waals surface area contributed by atoms with Crippen molar-refractivity contribution in [2.45, 2.75) is 29.7 Å². The van der Waals surface area contributed by atoms with Gasteiger partial charge in [0.2, 0.25) is 5.91 Å². The first-order valence-corrected chi connectivity index (χ1v) is 10.2. The molecule has 2 aromatic carbocycles. The van der Waals surface area contributed by atoms with Crippen LogP contribution in [0.3, 0.4) is 0 Å². The first-order valence-electron chi connectivity index (χ1n) is 9.23. The molecule has 2 N–H and O–H groups in total. The average Bonchev–Trinajstić information content (AvgIpc) is 2.76. The molecule has 7 heteroatoms. The predicted octanol–water partition coefficient (Wildman–Crippen LogP) is 2.40. The summed E-state index contributed by atoms with van der Waals surface area (Å²) >= 11 is 1.22. The fourth-order valence-corrected chi connectivity index (χ4v) is 4.82. The average molecular weight is 408 g/mol. The SMILES string of the molecule is CC(=O)C1S[C@@H]2C(N)C(=O)N2C=C1C(=O)OC(c1ccccc1)c1ccccc1. The van der Waals surface area contributed by atoms with Gasteiger partial charge in [-0.05, 0) is 18.1 Å². The Kier molecular flexibility index (Phi) is 5.25. The van der Waals surface area contributed by atoms with Gasteiger partial charge in [-0.1, -0.05) is 60.7 Å². The maximum Gasteiger partial charge on any atom is 0.338 e. The second-order valence-corrected chi connectivity index (χ2v) is 8.21. The number of ketones is 1. The van der Waals surface area contributed by atoms with Crippen molar-refractivity contribution in [2.75, 3.05) is 0 Å². The summed E-state index contributed by atoms with van der Waals surface area (Å²) in [5.74, 6) is -1.07. The topological polar surface area (TPSA) is 89.7 Å². The molecule has 3 atom stereocenters. The van der Waals surface area contributed by atoms with Gasteiger partial charge in [0.25, 0.3) is 0 Å². The summed E-state index contributed by atoms with van der Waals surface area (Å²) in [6.45, 7) is 1.42. The van der Waals surface area contributed by atoms with Crippen LogP contribution in [0.1, 0.15) is 24.2 Å². The molecule has 148 valence electrons. The number of rotatable bonds is 5. The fourth-order valence-electron chi connectivity index (χ4n) is 3.46. The third kappa shape index (κ3) is 3.59. The summed E-state index contributed by atoms with van der Waals surface area (Å²) in [5, 5.41) is -1.04. The molecule has 0 bridgehead atoms. The van der Waals surface area contributed by atoms with Crippen molar-refractivity contribution in [1.29, 1.82) is 0 Å². The van der Waals surface area contributed by atoms with Gasteiger partial charge in [0.1, 0.15) is 17.2 Å². The normalized spacial score (nSPS) is 23.1. The summed E-state index contributed by atoms with van der Waals surface area (Å²) in [4.78, 5) is 38.7. The Bertz CT molecular complexity index is 937. The van der Waals surface area contributed by atoms with Crippen molar-refractivity contribution < 1.29 is 19.1 Å². The summed E-state index contributed by atoms with van der Waals surface area (Å²) < 4.78 is 5.87. The Morgan fingerprint density at radius 3 is 2.10 bits per heavy atom. The van der Waals surface area contributed by atoms with Gasteiger partial charge >= 0.3 is 5.97 Å². The molecule has 0 spiro atoms. The minimum Gasteiger partial charge on any atom is -0.449 e. The van der Waals surface area contributed by atoms with E-state index in [1.54, 1.807) is 0 Å². The van der Waals surface area contributed by atoms with Crippen molar-refractivity contribution in [1.82, 2.24) is 4.90 Å². The van der Waals surface area contributed by atoms with Crippen molar-refractivity contribution in [3.8, 4) is 0 Å².